The van der Waals surface area contributed by atoms with Gasteiger partial charge in [-0.15, -0.1) is 11.6 Å². The molecule has 0 fully saturated rings. The van der Waals surface area contributed by atoms with Crippen molar-refractivity contribution in [1.29, 1.82) is 0 Å². The quantitative estimate of drug-likeness (QED) is 0.536. The second-order valence-electron chi connectivity index (χ2n) is 5.91. The van der Waals surface area contributed by atoms with E-state index in [9.17, 15) is 4.79 Å². The summed E-state index contributed by atoms with van der Waals surface area (Å²) in [5.41, 5.74) is 3.86. The predicted octanol–water partition coefficient (Wildman–Crippen LogP) is 4.81. The lowest BCUT2D eigenvalue weighted by atomic mass is 10.1. The first kappa shape index (κ1) is 19.4. The fraction of sp³-hybridized carbons (Fsp3) is 0.300. The van der Waals surface area contributed by atoms with Crippen molar-refractivity contribution in [3.05, 3.63) is 65.2 Å². The van der Waals surface area contributed by atoms with Crippen molar-refractivity contribution >= 4 is 40.5 Å². The number of thiocarbonyl (C=S) groups is 1. The van der Waals surface area contributed by atoms with Crippen molar-refractivity contribution in [2.45, 2.75) is 33.4 Å². The molecule has 1 atom stereocenters. The third kappa shape index (κ3) is 4.80. The topological polar surface area (TPSA) is 29.5 Å². The van der Waals surface area contributed by atoms with E-state index in [2.05, 4.69) is 0 Å². The molecule has 25 heavy (non-hydrogen) atoms. The number of anilines is 1. The van der Waals surface area contributed by atoms with Gasteiger partial charge in [0.1, 0.15) is 18.5 Å². The molecule has 0 aliphatic rings. The molecule has 0 saturated carbocycles. The van der Waals surface area contributed by atoms with Crippen molar-refractivity contribution in [2.75, 3.05) is 10.8 Å². The SMILES string of the molecule is Cc1cccc(C)c1N(C(=O)CCl)C(C)C(=S)OCc1ccccc1. The zero-order chi connectivity index (χ0) is 18.4. The van der Waals surface area contributed by atoms with Crippen LogP contribution in [0, 0.1) is 13.8 Å². The largest absolute Gasteiger partial charge is 0.480 e. The standard InChI is InChI=1S/C20H22ClNO2S/c1-14-8-7-9-15(2)19(14)22(18(23)12-21)16(3)20(25)24-13-17-10-5-4-6-11-17/h4-11,16H,12-13H2,1-3H3. The zero-order valence-electron chi connectivity index (χ0n) is 14.7. The van der Waals surface area contributed by atoms with Gasteiger partial charge in [0, 0.05) is 0 Å². The molecule has 2 aromatic rings. The number of hydrogen-bond donors (Lipinski definition) is 0. The Morgan fingerprint density at radius 3 is 2.28 bits per heavy atom. The van der Waals surface area contributed by atoms with E-state index in [-0.39, 0.29) is 11.8 Å². The van der Waals surface area contributed by atoms with Crippen LogP contribution in [0.2, 0.25) is 0 Å². The third-order valence-corrected chi connectivity index (χ3v) is 4.70. The zero-order valence-corrected chi connectivity index (χ0v) is 16.2. The van der Waals surface area contributed by atoms with E-state index in [0.717, 1.165) is 22.4 Å². The maximum atomic E-state index is 12.5. The molecule has 0 radical (unpaired) electrons. The van der Waals surface area contributed by atoms with Gasteiger partial charge in [-0.25, -0.2) is 0 Å². The molecule has 132 valence electrons. The van der Waals surface area contributed by atoms with Gasteiger partial charge in [-0.3, -0.25) is 9.69 Å². The highest BCUT2D eigenvalue weighted by Crippen LogP contribution is 2.27. The second-order valence-corrected chi connectivity index (χ2v) is 6.58. The van der Waals surface area contributed by atoms with Gasteiger partial charge in [0.25, 0.3) is 0 Å². The summed E-state index contributed by atoms with van der Waals surface area (Å²) in [5, 5.41) is 0.366. The summed E-state index contributed by atoms with van der Waals surface area (Å²) < 4.78 is 5.76. The van der Waals surface area contributed by atoms with Crippen LogP contribution in [0.15, 0.2) is 48.5 Å². The molecule has 3 nitrogen and oxygen atoms in total. The fourth-order valence-electron chi connectivity index (χ4n) is 2.74. The van der Waals surface area contributed by atoms with Crippen LogP contribution in [0.5, 0.6) is 0 Å². The van der Waals surface area contributed by atoms with Crippen LogP contribution < -0.4 is 4.90 Å². The van der Waals surface area contributed by atoms with E-state index >= 15 is 0 Å². The van der Waals surface area contributed by atoms with E-state index < -0.39 is 6.04 Å². The molecular formula is C20H22ClNO2S. The van der Waals surface area contributed by atoms with Crippen LogP contribution in [0.25, 0.3) is 0 Å². The summed E-state index contributed by atoms with van der Waals surface area (Å²) in [6.07, 6.45) is 0. The number of rotatable bonds is 6. The summed E-state index contributed by atoms with van der Waals surface area (Å²) in [6, 6.07) is 15.3. The van der Waals surface area contributed by atoms with E-state index in [0.29, 0.717) is 11.7 Å². The highest BCUT2D eigenvalue weighted by molar-refractivity contribution is 7.80. The third-order valence-electron chi connectivity index (χ3n) is 4.02. The summed E-state index contributed by atoms with van der Waals surface area (Å²) in [5.74, 6) is -0.309. The summed E-state index contributed by atoms with van der Waals surface area (Å²) >= 11 is 11.3. The predicted molar refractivity (Wildman–Crippen MR) is 107 cm³/mol. The van der Waals surface area contributed by atoms with Gasteiger partial charge >= 0.3 is 0 Å². The molecule has 0 N–H and O–H groups in total. The number of aryl methyl sites for hydroxylation is 2. The minimum atomic E-state index is -0.398. The number of nitrogens with zero attached hydrogens (tertiary/aromatic N) is 1. The molecule has 0 spiro atoms. The maximum absolute atomic E-state index is 12.5. The van der Waals surface area contributed by atoms with Gasteiger partial charge in [0.05, 0.1) is 5.69 Å². The van der Waals surface area contributed by atoms with E-state index in [1.807, 2.05) is 69.3 Å². The molecular weight excluding hydrogens is 354 g/mol. The van der Waals surface area contributed by atoms with Crippen LogP contribution in [0.4, 0.5) is 5.69 Å². The Kier molecular flexibility index (Phi) is 6.97. The lowest BCUT2D eigenvalue weighted by molar-refractivity contribution is -0.116. The monoisotopic (exact) mass is 375 g/mol. The van der Waals surface area contributed by atoms with Crippen molar-refractivity contribution in [3.63, 3.8) is 0 Å². The van der Waals surface area contributed by atoms with Crippen LogP contribution >= 0.6 is 23.8 Å². The van der Waals surface area contributed by atoms with Crippen LogP contribution in [0.1, 0.15) is 23.6 Å². The smallest absolute Gasteiger partial charge is 0.242 e. The maximum Gasteiger partial charge on any atom is 0.242 e. The molecule has 1 unspecified atom stereocenters. The number of para-hydroxylation sites is 1. The van der Waals surface area contributed by atoms with Crippen molar-refractivity contribution in [2.24, 2.45) is 0 Å². The molecule has 0 aliphatic heterocycles. The second kappa shape index (κ2) is 8.97. The number of benzene rings is 2. The average molecular weight is 376 g/mol. The van der Waals surface area contributed by atoms with Gasteiger partial charge in [-0.05, 0) is 49.7 Å². The molecule has 5 heteroatoms. The van der Waals surface area contributed by atoms with Crippen LogP contribution in [-0.4, -0.2) is 22.9 Å². The van der Waals surface area contributed by atoms with Gasteiger partial charge in [-0.2, -0.15) is 0 Å². The number of ether oxygens (including phenoxy) is 1. The normalized spacial score (nSPS) is 11.7. The number of carbonyl (C=O) groups is 1. The minimum absolute atomic E-state index is 0.112. The van der Waals surface area contributed by atoms with Crippen molar-refractivity contribution < 1.29 is 9.53 Å². The molecule has 0 bridgehead atoms. The number of carbonyl (C=O) groups excluding carboxylic acids is 1. The molecule has 0 aliphatic carbocycles. The number of alkyl halides is 1. The lowest BCUT2D eigenvalue weighted by Gasteiger charge is -2.31. The Morgan fingerprint density at radius 1 is 1.12 bits per heavy atom. The van der Waals surface area contributed by atoms with E-state index in [4.69, 9.17) is 28.6 Å². The molecule has 0 heterocycles. The Hall–Kier alpha value is -1.91. The molecule has 2 rings (SSSR count). The van der Waals surface area contributed by atoms with Gasteiger partial charge in [0.15, 0.2) is 5.05 Å². The Bertz CT molecular complexity index is 728. The first-order valence-corrected chi connectivity index (χ1v) is 9.04. The van der Waals surface area contributed by atoms with Gasteiger partial charge < -0.3 is 4.74 Å². The lowest BCUT2D eigenvalue weighted by Crippen LogP contribution is -2.45. The Labute approximate surface area is 159 Å². The van der Waals surface area contributed by atoms with Gasteiger partial charge in [-0.1, -0.05) is 48.5 Å². The molecule has 0 aromatic heterocycles. The molecule has 2 aromatic carbocycles. The Balaban J connectivity index is 2.22. The number of hydrogen-bond acceptors (Lipinski definition) is 3. The van der Waals surface area contributed by atoms with E-state index in [1.54, 1.807) is 4.90 Å². The first-order chi connectivity index (χ1) is 12.0. The first-order valence-electron chi connectivity index (χ1n) is 8.10. The summed E-state index contributed by atoms with van der Waals surface area (Å²) in [6.45, 7) is 6.18. The highest BCUT2D eigenvalue weighted by Gasteiger charge is 2.27. The summed E-state index contributed by atoms with van der Waals surface area (Å²) in [7, 11) is 0. The van der Waals surface area contributed by atoms with Gasteiger partial charge in [0.2, 0.25) is 5.91 Å². The molecule has 0 saturated heterocycles. The highest BCUT2D eigenvalue weighted by atomic mass is 35.5. The van der Waals surface area contributed by atoms with Crippen LogP contribution in [-0.2, 0) is 16.1 Å². The Morgan fingerprint density at radius 2 is 1.72 bits per heavy atom. The fourth-order valence-corrected chi connectivity index (χ4v) is 3.03. The number of halogens is 1. The van der Waals surface area contributed by atoms with Crippen LogP contribution in [0.3, 0.4) is 0 Å². The van der Waals surface area contributed by atoms with E-state index in [1.165, 1.54) is 0 Å². The number of amides is 1. The van der Waals surface area contributed by atoms with Crippen molar-refractivity contribution in [3.8, 4) is 0 Å². The molecule has 1 amide bonds. The van der Waals surface area contributed by atoms with Crippen molar-refractivity contribution in [1.82, 2.24) is 0 Å². The minimum Gasteiger partial charge on any atom is -0.480 e. The average Bonchev–Trinajstić information content (AvgIpc) is 2.62. The summed E-state index contributed by atoms with van der Waals surface area (Å²) in [4.78, 5) is 14.2.